The zero-order chi connectivity index (χ0) is 14.6. The van der Waals surface area contributed by atoms with Gasteiger partial charge in [0, 0.05) is 5.56 Å². The molecule has 0 amide bonds. The van der Waals surface area contributed by atoms with Crippen LogP contribution in [0.1, 0.15) is 11.6 Å². The molecular weight excluding hydrogens is 260 g/mol. The Morgan fingerprint density at radius 3 is 2.16 bits per heavy atom. The van der Waals surface area contributed by atoms with Gasteiger partial charge in [0.15, 0.2) is 11.5 Å². The number of hydrogen-bond acceptors (Lipinski definition) is 5. The van der Waals surface area contributed by atoms with E-state index in [0.29, 0.717) is 5.75 Å². The van der Waals surface area contributed by atoms with Crippen molar-refractivity contribution in [1.29, 1.82) is 0 Å². The second kappa shape index (κ2) is 6.03. The van der Waals surface area contributed by atoms with Gasteiger partial charge >= 0.3 is 0 Å². The predicted molar refractivity (Wildman–Crippen MR) is 65.1 cm³/mol. The lowest BCUT2D eigenvalue weighted by Gasteiger charge is -2.24. The van der Waals surface area contributed by atoms with E-state index in [4.69, 9.17) is 25.1 Å². The Bertz CT molecular complexity index is 440. The number of aliphatic hydroxyl groups is 1. The summed E-state index contributed by atoms with van der Waals surface area (Å²) >= 11 is 0. The van der Waals surface area contributed by atoms with Gasteiger partial charge < -0.3 is 25.1 Å². The van der Waals surface area contributed by atoms with Gasteiger partial charge in [0.1, 0.15) is 12.6 Å². The molecule has 3 N–H and O–H groups in total. The van der Waals surface area contributed by atoms with Crippen molar-refractivity contribution < 1.29 is 28.1 Å². The van der Waals surface area contributed by atoms with Gasteiger partial charge in [-0.05, 0) is 12.1 Å². The molecule has 0 aromatic heterocycles. The summed E-state index contributed by atoms with van der Waals surface area (Å²) in [6, 6.07) is 1.09. The minimum atomic E-state index is -3.47. The molecule has 0 saturated carbocycles. The van der Waals surface area contributed by atoms with E-state index in [1.807, 2.05) is 0 Å². The van der Waals surface area contributed by atoms with Crippen molar-refractivity contribution in [1.82, 2.24) is 0 Å². The van der Waals surface area contributed by atoms with Crippen LogP contribution in [0.15, 0.2) is 12.1 Å². The first kappa shape index (κ1) is 15.5. The summed E-state index contributed by atoms with van der Waals surface area (Å²) in [5.74, 6) is -2.90. The van der Waals surface area contributed by atoms with Crippen LogP contribution in [-0.4, -0.2) is 39.0 Å². The van der Waals surface area contributed by atoms with Gasteiger partial charge in [-0.15, -0.1) is 0 Å². The second-order valence-electron chi connectivity index (χ2n) is 3.82. The standard InChI is InChI=1S/C12H17F2NO4/c1-17-8-5-4-7(9(18-2)10(8)19-3)11(15)12(13,14)6-16/h4-5,11,16H,6,15H2,1-3H3/t11-/m1/s1. The zero-order valence-electron chi connectivity index (χ0n) is 10.9. The Morgan fingerprint density at radius 2 is 1.74 bits per heavy atom. The summed E-state index contributed by atoms with van der Waals surface area (Å²) in [6.07, 6.45) is 0. The van der Waals surface area contributed by atoms with Crippen molar-refractivity contribution >= 4 is 0 Å². The van der Waals surface area contributed by atoms with Gasteiger partial charge in [-0.25, -0.2) is 8.78 Å². The van der Waals surface area contributed by atoms with Gasteiger partial charge in [-0.2, -0.15) is 0 Å². The van der Waals surface area contributed by atoms with Crippen LogP contribution >= 0.6 is 0 Å². The molecule has 0 aliphatic heterocycles. The van der Waals surface area contributed by atoms with Crippen LogP contribution in [0.5, 0.6) is 17.2 Å². The SMILES string of the molecule is COc1ccc([C@@H](N)C(F)(F)CO)c(OC)c1OC. The summed E-state index contributed by atoms with van der Waals surface area (Å²) in [5, 5.41) is 8.69. The summed E-state index contributed by atoms with van der Waals surface area (Å²) in [5.41, 5.74) is 5.52. The number of aliphatic hydroxyl groups excluding tert-OH is 1. The molecule has 0 bridgehead atoms. The molecule has 0 aliphatic rings. The quantitative estimate of drug-likeness (QED) is 0.821. The maximum atomic E-state index is 13.5. The monoisotopic (exact) mass is 277 g/mol. The summed E-state index contributed by atoms with van der Waals surface area (Å²) in [4.78, 5) is 0. The van der Waals surface area contributed by atoms with Crippen LogP contribution in [0.4, 0.5) is 8.78 Å². The fourth-order valence-electron chi connectivity index (χ4n) is 1.70. The molecule has 0 saturated heterocycles. The molecule has 0 heterocycles. The van der Waals surface area contributed by atoms with E-state index in [1.54, 1.807) is 0 Å². The molecule has 19 heavy (non-hydrogen) atoms. The number of halogens is 2. The molecule has 0 spiro atoms. The third-order valence-corrected chi connectivity index (χ3v) is 2.74. The highest BCUT2D eigenvalue weighted by Crippen LogP contribution is 2.44. The minimum Gasteiger partial charge on any atom is -0.493 e. The molecule has 1 aromatic rings. The topological polar surface area (TPSA) is 73.9 Å². The first-order chi connectivity index (χ1) is 8.92. The number of hydrogen-bond donors (Lipinski definition) is 2. The summed E-state index contributed by atoms with van der Waals surface area (Å²) < 4.78 is 42.1. The van der Waals surface area contributed by atoms with Crippen molar-refractivity contribution in [2.75, 3.05) is 27.9 Å². The highest BCUT2D eigenvalue weighted by atomic mass is 19.3. The molecule has 1 aromatic carbocycles. The largest absolute Gasteiger partial charge is 0.493 e. The van der Waals surface area contributed by atoms with Crippen molar-refractivity contribution in [3.63, 3.8) is 0 Å². The van der Waals surface area contributed by atoms with Gasteiger partial charge in [0.2, 0.25) is 5.75 Å². The lowest BCUT2D eigenvalue weighted by molar-refractivity contribution is -0.0716. The Kier molecular flexibility index (Phi) is 4.90. The lowest BCUT2D eigenvalue weighted by Crippen LogP contribution is -2.36. The third kappa shape index (κ3) is 2.87. The number of ether oxygens (including phenoxy) is 3. The fourth-order valence-corrected chi connectivity index (χ4v) is 1.70. The first-order valence-corrected chi connectivity index (χ1v) is 5.46. The number of rotatable bonds is 6. The Balaban J connectivity index is 3.36. The molecule has 0 unspecified atom stereocenters. The summed E-state index contributed by atoms with van der Waals surface area (Å²) in [6.45, 7) is -1.36. The molecule has 1 rings (SSSR count). The van der Waals surface area contributed by atoms with Crippen LogP contribution in [0.3, 0.4) is 0 Å². The highest BCUT2D eigenvalue weighted by Gasteiger charge is 2.39. The van der Waals surface area contributed by atoms with E-state index in [1.165, 1.54) is 33.5 Å². The number of alkyl halides is 2. The molecule has 1 atom stereocenters. The molecule has 108 valence electrons. The average molecular weight is 277 g/mol. The van der Waals surface area contributed by atoms with E-state index >= 15 is 0 Å². The Morgan fingerprint density at radius 1 is 1.16 bits per heavy atom. The van der Waals surface area contributed by atoms with E-state index in [2.05, 4.69) is 0 Å². The fraction of sp³-hybridized carbons (Fsp3) is 0.500. The van der Waals surface area contributed by atoms with Crippen molar-refractivity contribution in [2.24, 2.45) is 5.73 Å². The normalized spacial score (nSPS) is 13.0. The van der Waals surface area contributed by atoms with E-state index in [0.717, 1.165) is 0 Å². The molecule has 0 radical (unpaired) electrons. The number of benzene rings is 1. The van der Waals surface area contributed by atoms with Crippen molar-refractivity contribution in [3.05, 3.63) is 17.7 Å². The summed E-state index contributed by atoms with van der Waals surface area (Å²) in [7, 11) is 4.09. The Labute approximate surface area is 109 Å². The van der Waals surface area contributed by atoms with Crippen LogP contribution in [0.25, 0.3) is 0 Å². The molecule has 0 fully saturated rings. The average Bonchev–Trinajstić information content (AvgIpc) is 2.44. The van der Waals surface area contributed by atoms with Crippen LogP contribution < -0.4 is 19.9 Å². The molecule has 5 nitrogen and oxygen atoms in total. The van der Waals surface area contributed by atoms with Gasteiger partial charge in [-0.3, -0.25) is 0 Å². The minimum absolute atomic E-state index is 0.0270. The van der Waals surface area contributed by atoms with E-state index in [-0.39, 0.29) is 17.1 Å². The predicted octanol–water partition coefficient (Wildman–Crippen LogP) is 1.34. The molecule has 0 aliphatic carbocycles. The van der Waals surface area contributed by atoms with Crippen LogP contribution in [-0.2, 0) is 0 Å². The first-order valence-electron chi connectivity index (χ1n) is 5.46. The maximum Gasteiger partial charge on any atom is 0.289 e. The van der Waals surface area contributed by atoms with E-state index < -0.39 is 18.6 Å². The second-order valence-corrected chi connectivity index (χ2v) is 3.82. The molecular formula is C12H17F2NO4. The number of methoxy groups -OCH3 is 3. The van der Waals surface area contributed by atoms with Crippen LogP contribution in [0.2, 0.25) is 0 Å². The van der Waals surface area contributed by atoms with Crippen molar-refractivity contribution in [3.8, 4) is 17.2 Å². The van der Waals surface area contributed by atoms with Gasteiger partial charge in [0.25, 0.3) is 5.92 Å². The van der Waals surface area contributed by atoms with E-state index in [9.17, 15) is 8.78 Å². The maximum absolute atomic E-state index is 13.5. The van der Waals surface area contributed by atoms with Crippen molar-refractivity contribution in [2.45, 2.75) is 12.0 Å². The van der Waals surface area contributed by atoms with Gasteiger partial charge in [-0.1, -0.05) is 0 Å². The lowest BCUT2D eigenvalue weighted by atomic mass is 10.00. The number of nitrogens with two attached hydrogens (primary N) is 1. The smallest absolute Gasteiger partial charge is 0.289 e. The van der Waals surface area contributed by atoms with Crippen LogP contribution in [0, 0.1) is 0 Å². The highest BCUT2D eigenvalue weighted by molar-refractivity contribution is 5.57. The molecule has 7 heteroatoms. The van der Waals surface area contributed by atoms with Gasteiger partial charge in [0.05, 0.1) is 21.3 Å². The third-order valence-electron chi connectivity index (χ3n) is 2.74. The Hall–Kier alpha value is -1.60. The zero-order valence-corrected chi connectivity index (χ0v) is 10.9.